The first-order valence-corrected chi connectivity index (χ1v) is 7.91. The van der Waals surface area contributed by atoms with Crippen molar-refractivity contribution in [2.45, 2.75) is 19.1 Å². The second kappa shape index (κ2) is 7.02. The molecule has 2 heterocycles. The third-order valence-corrected chi connectivity index (χ3v) is 4.07. The Kier molecular flexibility index (Phi) is 4.82. The standard InChI is InChI=1S/C17H21N3O4/c1-3-24-16-11-19(10-14(16)21)17(22)12-8-18-20(9-12)13-6-4-5-7-15(13)23-2/h4-9,14,16,21H,3,10-11H2,1-2H3/t14-,16-/m1/s1. The fourth-order valence-electron chi connectivity index (χ4n) is 2.87. The third kappa shape index (κ3) is 3.13. The molecule has 1 aromatic carbocycles. The molecule has 0 radical (unpaired) electrons. The van der Waals surface area contributed by atoms with E-state index in [1.165, 1.54) is 6.20 Å². The molecule has 128 valence electrons. The van der Waals surface area contributed by atoms with E-state index >= 15 is 0 Å². The molecule has 0 spiro atoms. The second-order valence-corrected chi connectivity index (χ2v) is 5.62. The van der Waals surface area contributed by atoms with Crippen LogP contribution in [0.5, 0.6) is 5.75 Å². The highest BCUT2D eigenvalue weighted by Gasteiger charge is 2.35. The Labute approximate surface area is 140 Å². The Hall–Kier alpha value is -2.38. The van der Waals surface area contributed by atoms with Crippen LogP contribution in [0.3, 0.4) is 0 Å². The van der Waals surface area contributed by atoms with Gasteiger partial charge in [0.15, 0.2) is 0 Å². The van der Waals surface area contributed by atoms with Gasteiger partial charge in [0.25, 0.3) is 5.91 Å². The first-order chi connectivity index (χ1) is 11.6. The molecular formula is C17H21N3O4. The van der Waals surface area contributed by atoms with Gasteiger partial charge in [0, 0.05) is 25.9 Å². The summed E-state index contributed by atoms with van der Waals surface area (Å²) in [5, 5.41) is 14.2. The van der Waals surface area contributed by atoms with Crippen LogP contribution < -0.4 is 4.74 Å². The number of para-hydroxylation sites is 2. The average Bonchev–Trinajstić information content (AvgIpc) is 3.22. The van der Waals surface area contributed by atoms with Gasteiger partial charge in [0.2, 0.25) is 0 Å². The van der Waals surface area contributed by atoms with Crippen molar-refractivity contribution in [3.8, 4) is 11.4 Å². The molecule has 7 nitrogen and oxygen atoms in total. The molecular weight excluding hydrogens is 310 g/mol. The quantitative estimate of drug-likeness (QED) is 0.888. The van der Waals surface area contributed by atoms with E-state index in [9.17, 15) is 9.90 Å². The molecule has 1 N–H and O–H groups in total. The van der Waals surface area contributed by atoms with E-state index in [2.05, 4.69) is 5.10 Å². The number of likely N-dealkylation sites (tertiary alicyclic amines) is 1. The van der Waals surface area contributed by atoms with Gasteiger partial charge in [0.05, 0.1) is 25.0 Å². The lowest BCUT2D eigenvalue weighted by Gasteiger charge is -2.14. The minimum atomic E-state index is -0.654. The summed E-state index contributed by atoms with van der Waals surface area (Å²) in [6, 6.07) is 7.45. The van der Waals surface area contributed by atoms with Crippen LogP contribution in [-0.2, 0) is 4.74 Å². The zero-order valence-electron chi connectivity index (χ0n) is 13.8. The topological polar surface area (TPSA) is 76.8 Å². The van der Waals surface area contributed by atoms with Crippen LogP contribution in [0.2, 0.25) is 0 Å². The molecule has 1 aliphatic heterocycles. The molecule has 1 fully saturated rings. The number of aliphatic hydroxyl groups excluding tert-OH is 1. The highest BCUT2D eigenvalue weighted by molar-refractivity contribution is 5.94. The van der Waals surface area contributed by atoms with Gasteiger partial charge in [-0.1, -0.05) is 12.1 Å². The number of nitrogens with zero attached hydrogens (tertiary/aromatic N) is 3. The minimum Gasteiger partial charge on any atom is -0.494 e. The van der Waals surface area contributed by atoms with E-state index in [1.807, 2.05) is 31.2 Å². The highest BCUT2D eigenvalue weighted by Crippen LogP contribution is 2.22. The first kappa shape index (κ1) is 16.5. The number of amides is 1. The van der Waals surface area contributed by atoms with Crippen molar-refractivity contribution in [1.82, 2.24) is 14.7 Å². The van der Waals surface area contributed by atoms with Crippen molar-refractivity contribution in [3.63, 3.8) is 0 Å². The average molecular weight is 331 g/mol. The maximum absolute atomic E-state index is 12.6. The predicted octanol–water partition coefficient (Wildman–Crippen LogP) is 1.10. The lowest BCUT2D eigenvalue weighted by atomic mass is 10.3. The fourth-order valence-corrected chi connectivity index (χ4v) is 2.87. The van der Waals surface area contributed by atoms with Crippen LogP contribution in [0.1, 0.15) is 17.3 Å². The van der Waals surface area contributed by atoms with Crippen molar-refractivity contribution in [2.75, 3.05) is 26.8 Å². The smallest absolute Gasteiger partial charge is 0.257 e. The summed E-state index contributed by atoms with van der Waals surface area (Å²) in [5.74, 6) is 0.505. The van der Waals surface area contributed by atoms with E-state index < -0.39 is 6.10 Å². The van der Waals surface area contributed by atoms with Gasteiger partial charge >= 0.3 is 0 Å². The number of carbonyl (C=O) groups is 1. The summed E-state index contributed by atoms with van der Waals surface area (Å²) in [6.07, 6.45) is 2.21. The van der Waals surface area contributed by atoms with Gasteiger partial charge in [0.1, 0.15) is 17.5 Å². The van der Waals surface area contributed by atoms with Gasteiger partial charge in [-0.15, -0.1) is 0 Å². The summed E-state index contributed by atoms with van der Waals surface area (Å²) < 4.78 is 12.4. The summed E-state index contributed by atoms with van der Waals surface area (Å²) in [5.41, 5.74) is 1.22. The monoisotopic (exact) mass is 331 g/mol. The Morgan fingerprint density at radius 3 is 2.92 bits per heavy atom. The van der Waals surface area contributed by atoms with Gasteiger partial charge in [-0.05, 0) is 19.1 Å². The molecule has 2 atom stereocenters. The Balaban J connectivity index is 1.77. The number of carbonyl (C=O) groups excluding carboxylic acids is 1. The summed E-state index contributed by atoms with van der Waals surface area (Å²) in [6.45, 7) is 3.03. The van der Waals surface area contributed by atoms with E-state index in [0.29, 0.717) is 24.5 Å². The lowest BCUT2D eigenvalue weighted by molar-refractivity contribution is -0.00237. The SMILES string of the molecule is CCO[C@@H]1CN(C(=O)c2cnn(-c3ccccc3OC)c2)C[C@H]1O. The number of ether oxygens (including phenoxy) is 2. The number of β-amino-alcohol motifs (C(OH)–C–C–N with tert-alkyl or cyclic N) is 1. The number of aromatic nitrogens is 2. The van der Waals surface area contributed by atoms with E-state index in [4.69, 9.17) is 9.47 Å². The Bertz CT molecular complexity index is 715. The number of methoxy groups -OCH3 is 1. The normalized spacial score (nSPS) is 20.4. The summed E-state index contributed by atoms with van der Waals surface area (Å²) in [7, 11) is 1.59. The molecule has 1 aromatic heterocycles. The number of hydrogen-bond donors (Lipinski definition) is 1. The van der Waals surface area contributed by atoms with Crippen molar-refractivity contribution < 1.29 is 19.4 Å². The number of aliphatic hydroxyl groups is 1. The molecule has 2 aromatic rings. The van der Waals surface area contributed by atoms with Gasteiger partial charge < -0.3 is 19.5 Å². The molecule has 1 saturated heterocycles. The van der Waals surface area contributed by atoms with Crippen LogP contribution in [0, 0.1) is 0 Å². The van der Waals surface area contributed by atoms with Crippen molar-refractivity contribution >= 4 is 5.91 Å². The molecule has 0 aliphatic carbocycles. The Morgan fingerprint density at radius 2 is 2.17 bits per heavy atom. The van der Waals surface area contributed by atoms with E-state index in [0.717, 1.165) is 5.69 Å². The number of benzene rings is 1. The molecule has 3 rings (SSSR count). The van der Waals surface area contributed by atoms with Crippen LogP contribution in [0.25, 0.3) is 5.69 Å². The molecule has 0 unspecified atom stereocenters. The van der Waals surface area contributed by atoms with Crippen molar-refractivity contribution in [3.05, 3.63) is 42.2 Å². The van der Waals surface area contributed by atoms with Gasteiger partial charge in [-0.3, -0.25) is 4.79 Å². The Morgan fingerprint density at radius 1 is 1.38 bits per heavy atom. The first-order valence-electron chi connectivity index (χ1n) is 7.91. The van der Waals surface area contributed by atoms with Gasteiger partial charge in [-0.2, -0.15) is 5.10 Å². The molecule has 1 amide bonds. The van der Waals surface area contributed by atoms with Crippen molar-refractivity contribution in [2.24, 2.45) is 0 Å². The molecule has 0 saturated carbocycles. The minimum absolute atomic E-state index is 0.169. The number of rotatable bonds is 5. The van der Waals surface area contributed by atoms with Crippen LogP contribution in [0.15, 0.2) is 36.7 Å². The maximum atomic E-state index is 12.6. The molecule has 7 heteroatoms. The summed E-state index contributed by atoms with van der Waals surface area (Å²) in [4.78, 5) is 14.2. The summed E-state index contributed by atoms with van der Waals surface area (Å²) >= 11 is 0. The van der Waals surface area contributed by atoms with Crippen LogP contribution in [-0.4, -0.2) is 64.7 Å². The number of hydrogen-bond acceptors (Lipinski definition) is 5. The molecule has 24 heavy (non-hydrogen) atoms. The highest BCUT2D eigenvalue weighted by atomic mass is 16.5. The maximum Gasteiger partial charge on any atom is 0.257 e. The van der Waals surface area contributed by atoms with E-state index in [-0.39, 0.29) is 18.6 Å². The van der Waals surface area contributed by atoms with Crippen LogP contribution in [0.4, 0.5) is 0 Å². The molecule has 1 aliphatic rings. The van der Waals surface area contributed by atoms with Crippen LogP contribution >= 0.6 is 0 Å². The largest absolute Gasteiger partial charge is 0.494 e. The predicted molar refractivity (Wildman–Crippen MR) is 87.4 cm³/mol. The molecule has 0 bridgehead atoms. The zero-order chi connectivity index (χ0) is 17.1. The van der Waals surface area contributed by atoms with Crippen molar-refractivity contribution in [1.29, 1.82) is 0 Å². The van der Waals surface area contributed by atoms with E-state index in [1.54, 1.807) is 22.9 Å². The fraction of sp³-hybridized carbons (Fsp3) is 0.412. The van der Waals surface area contributed by atoms with Gasteiger partial charge in [-0.25, -0.2) is 4.68 Å². The third-order valence-electron chi connectivity index (χ3n) is 4.07. The zero-order valence-corrected chi connectivity index (χ0v) is 13.8. The second-order valence-electron chi connectivity index (χ2n) is 5.62. The lowest BCUT2D eigenvalue weighted by Crippen LogP contribution is -2.29.